The van der Waals surface area contributed by atoms with Gasteiger partial charge in [-0.05, 0) is 24.3 Å². The summed E-state index contributed by atoms with van der Waals surface area (Å²) in [6.45, 7) is -2.07. The van der Waals surface area contributed by atoms with Crippen LogP contribution in [0.25, 0.3) is 11.5 Å². The molecule has 0 amide bonds. The summed E-state index contributed by atoms with van der Waals surface area (Å²) in [6.07, 6.45) is -3.17. The monoisotopic (exact) mass is 415 g/mol. The molecule has 0 aliphatic rings. The van der Waals surface area contributed by atoms with Crippen molar-refractivity contribution in [1.29, 1.82) is 0 Å². The third kappa shape index (κ3) is 5.33. The first-order valence-electron chi connectivity index (χ1n) is 7.98. The maximum absolute atomic E-state index is 13.7. The molecule has 29 heavy (non-hydrogen) atoms. The second kappa shape index (κ2) is 8.33. The summed E-state index contributed by atoms with van der Waals surface area (Å²) in [7, 11) is 0. The highest BCUT2D eigenvalue weighted by atomic mass is 19.4. The number of halogens is 6. The second-order valence-electron chi connectivity index (χ2n) is 5.60. The molecule has 0 atom stereocenters. The quantitative estimate of drug-likeness (QED) is 0.439. The smallest absolute Gasteiger partial charge is 0.422 e. The molecule has 3 aromatic rings. The maximum atomic E-state index is 13.7. The van der Waals surface area contributed by atoms with Gasteiger partial charge in [0.2, 0.25) is 11.7 Å². The number of hydrogen-bond donors (Lipinski definition) is 0. The summed E-state index contributed by atoms with van der Waals surface area (Å²) in [6, 6.07) is 7.34. The first-order chi connectivity index (χ1) is 13.7. The highest BCUT2D eigenvalue weighted by Gasteiger charge is 2.29. The molecule has 2 aromatic heterocycles. The molecule has 0 N–H and O–H groups in total. The van der Waals surface area contributed by atoms with Crippen LogP contribution in [0.4, 0.5) is 26.3 Å². The zero-order chi connectivity index (χ0) is 21.0. The molecule has 0 aliphatic heterocycles. The van der Waals surface area contributed by atoms with E-state index < -0.39 is 48.5 Å². The normalized spacial score (nSPS) is 11.4. The van der Waals surface area contributed by atoms with Gasteiger partial charge in [0.25, 0.3) is 0 Å². The Morgan fingerprint density at radius 1 is 0.897 bits per heavy atom. The molecule has 5 nitrogen and oxygen atoms in total. The van der Waals surface area contributed by atoms with Crippen LogP contribution in [0.1, 0.15) is 5.69 Å². The van der Waals surface area contributed by atoms with Crippen LogP contribution >= 0.6 is 0 Å². The number of rotatable bonds is 6. The molecular weight excluding hydrogens is 404 g/mol. The number of ether oxygens (including phenoxy) is 2. The van der Waals surface area contributed by atoms with Crippen molar-refractivity contribution in [3.63, 3.8) is 0 Å². The number of hydrogen-bond acceptors (Lipinski definition) is 5. The van der Waals surface area contributed by atoms with E-state index in [0.717, 1.165) is 12.1 Å². The lowest BCUT2D eigenvalue weighted by molar-refractivity contribution is -0.154. The van der Waals surface area contributed by atoms with E-state index in [-0.39, 0.29) is 17.2 Å². The van der Waals surface area contributed by atoms with Crippen molar-refractivity contribution in [3.05, 3.63) is 65.7 Å². The maximum Gasteiger partial charge on any atom is 0.422 e. The molecule has 0 bridgehead atoms. The van der Waals surface area contributed by atoms with Crippen molar-refractivity contribution in [1.82, 2.24) is 15.0 Å². The number of benzene rings is 1. The molecule has 3 rings (SSSR count). The van der Waals surface area contributed by atoms with E-state index in [1.54, 1.807) is 12.1 Å². The molecular formula is C18H11F6N3O2. The summed E-state index contributed by atoms with van der Waals surface area (Å²) < 4.78 is 87.0. The van der Waals surface area contributed by atoms with Crippen LogP contribution in [-0.4, -0.2) is 27.7 Å². The number of alkyl halides is 3. The van der Waals surface area contributed by atoms with Gasteiger partial charge in [-0.25, -0.2) is 13.8 Å². The Morgan fingerprint density at radius 3 is 2.38 bits per heavy atom. The predicted octanol–water partition coefficient (Wildman–Crippen LogP) is 4.48. The van der Waals surface area contributed by atoms with Gasteiger partial charge in [0.05, 0.1) is 5.69 Å². The van der Waals surface area contributed by atoms with Gasteiger partial charge < -0.3 is 9.47 Å². The third-order valence-electron chi connectivity index (χ3n) is 3.41. The fraction of sp³-hybridized carbons (Fsp3) is 0.167. The summed E-state index contributed by atoms with van der Waals surface area (Å²) in [4.78, 5) is 12.0. The van der Waals surface area contributed by atoms with Crippen molar-refractivity contribution in [2.75, 3.05) is 6.61 Å². The molecule has 0 saturated carbocycles. The van der Waals surface area contributed by atoms with E-state index in [1.807, 2.05) is 0 Å². The van der Waals surface area contributed by atoms with Gasteiger partial charge in [0.15, 0.2) is 29.8 Å². The summed E-state index contributed by atoms with van der Waals surface area (Å²) in [5.41, 5.74) is 0.243. The average Bonchev–Trinajstić information content (AvgIpc) is 2.70. The van der Waals surface area contributed by atoms with E-state index in [4.69, 9.17) is 4.74 Å². The minimum Gasteiger partial charge on any atom is -0.484 e. The molecule has 0 unspecified atom stereocenters. The van der Waals surface area contributed by atoms with Gasteiger partial charge in [-0.3, -0.25) is 4.98 Å². The van der Waals surface area contributed by atoms with E-state index in [0.29, 0.717) is 6.07 Å². The molecule has 0 fully saturated rings. The lowest BCUT2D eigenvalue weighted by Crippen LogP contribution is -2.20. The lowest BCUT2D eigenvalue weighted by atomic mass is 10.3. The molecule has 0 aliphatic carbocycles. The van der Waals surface area contributed by atoms with E-state index >= 15 is 0 Å². The molecule has 0 saturated heterocycles. The minimum absolute atomic E-state index is 0.00182. The van der Waals surface area contributed by atoms with Crippen LogP contribution in [0.5, 0.6) is 11.6 Å². The van der Waals surface area contributed by atoms with Crippen LogP contribution in [0.3, 0.4) is 0 Å². The van der Waals surface area contributed by atoms with Gasteiger partial charge in [-0.15, -0.1) is 0 Å². The van der Waals surface area contributed by atoms with Crippen LogP contribution in [0.2, 0.25) is 0 Å². The molecule has 1 aromatic carbocycles. The Morgan fingerprint density at radius 2 is 1.69 bits per heavy atom. The fourth-order valence-electron chi connectivity index (χ4n) is 2.16. The fourth-order valence-corrected chi connectivity index (χ4v) is 2.16. The summed E-state index contributed by atoms with van der Waals surface area (Å²) >= 11 is 0. The van der Waals surface area contributed by atoms with Gasteiger partial charge in [-0.2, -0.15) is 22.5 Å². The lowest BCUT2D eigenvalue weighted by Gasteiger charge is -2.12. The summed E-state index contributed by atoms with van der Waals surface area (Å²) in [5, 5.41) is 0. The molecule has 0 spiro atoms. The Hall–Kier alpha value is -3.37. The first-order valence-corrected chi connectivity index (χ1v) is 7.98. The molecule has 11 heteroatoms. The van der Waals surface area contributed by atoms with E-state index in [1.165, 1.54) is 12.3 Å². The summed E-state index contributed by atoms with van der Waals surface area (Å²) in [5.74, 6) is -5.72. The number of aromatic nitrogens is 3. The van der Waals surface area contributed by atoms with Crippen LogP contribution in [0.15, 0.2) is 42.6 Å². The van der Waals surface area contributed by atoms with Crippen molar-refractivity contribution in [2.45, 2.75) is 12.8 Å². The highest BCUT2D eigenvalue weighted by molar-refractivity contribution is 5.49. The van der Waals surface area contributed by atoms with E-state index in [9.17, 15) is 26.3 Å². The zero-order valence-corrected chi connectivity index (χ0v) is 14.4. The topological polar surface area (TPSA) is 57.1 Å². The largest absolute Gasteiger partial charge is 0.484 e. The predicted molar refractivity (Wildman–Crippen MR) is 87.5 cm³/mol. The van der Waals surface area contributed by atoms with Crippen molar-refractivity contribution in [3.8, 4) is 23.1 Å². The number of pyridine rings is 1. The molecule has 2 heterocycles. The van der Waals surface area contributed by atoms with Crippen LogP contribution in [-0.2, 0) is 6.61 Å². The van der Waals surface area contributed by atoms with Gasteiger partial charge in [0, 0.05) is 12.3 Å². The van der Waals surface area contributed by atoms with Gasteiger partial charge in [0.1, 0.15) is 12.3 Å². The zero-order valence-electron chi connectivity index (χ0n) is 14.4. The number of nitrogens with zero attached hydrogens (tertiary/aromatic N) is 3. The van der Waals surface area contributed by atoms with Crippen molar-refractivity contribution < 1.29 is 35.8 Å². The van der Waals surface area contributed by atoms with Crippen LogP contribution in [0, 0.1) is 17.5 Å². The standard InChI is InChI=1S/C18H11F6N3O2/c19-11-4-5-13(16(21)15(11)20)28-8-10-7-14(29-9-18(22,23)24)27-17(26-10)12-3-1-2-6-25-12/h1-7H,8-9H2. The van der Waals surface area contributed by atoms with Gasteiger partial charge >= 0.3 is 6.18 Å². The highest BCUT2D eigenvalue weighted by Crippen LogP contribution is 2.24. The first kappa shape index (κ1) is 20.4. The van der Waals surface area contributed by atoms with Crippen molar-refractivity contribution in [2.24, 2.45) is 0 Å². The SMILES string of the molecule is Fc1ccc(OCc2cc(OCC(F)(F)F)nc(-c3ccccn3)n2)c(F)c1F. The minimum atomic E-state index is -4.60. The second-order valence-corrected chi connectivity index (χ2v) is 5.60. The van der Waals surface area contributed by atoms with Crippen molar-refractivity contribution >= 4 is 0 Å². The Labute approximate surface area is 160 Å². The third-order valence-corrected chi connectivity index (χ3v) is 3.41. The van der Waals surface area contributed by atoms with E-state index in [2.05, 4.69) is 19.7 Å². The molecule has 152 valence electrons. The Balaban J connectivity index is 1.87. The van der Waals surface area contributed by atoms with Crippen LogP contribution < -0.4 is 9.47 Å². The van der Waals surface area contributed by atoms with Gasteiger partial charge in [-0.1, -0.05) is 6.07 Å². The molecule has 0 radical (unpaired) electrons. The Bertz CT molecular complexity index is 999. The average molecular weight is 415 g/mol. The Kier molecular flexibility index (Phi) is 5.85.